The molecule has 1 saturated carbocycles. The van der Waals surface area contributed by atoms with E-state index >= 15 is 0 Å². The van der Waals surface area contributed by atoms with Gasteiger partial charge < -0.3 is 4.74 Å². The third-order valence-corrected chi connectivity index (χ3v) is 3.83. The van der Waals surface area contributed by atoms with Crippen LogP contribution in [0.2, 0.25) is 0 Å². The SMILES string of the molecule is COC(=O)C(C1CC1)N(C)Cc1cccs1. The second-order valence-electron chi connectivity index (χ2n) is 4.30. The average molecular weight is 239 g/mol. The van der Waals surface area contributed by atoms with Crippen LogP contribution in [-0.2, 0) is 16.1 Å². The molecule has 1 aliphatic carbocycles. The van der Waals surface area contributed by atoms with E-state index in [1.807, 2.05) is 13.1 Å². The molecule has 88 valence electrons. The Labute approximate surface area is 100 Å². The normalized spacial score (nSPS) is 17.4. The van der Waals surface area contributed by atoms with Crippen LogP contribution in [0.5, 0.6) is 0 Å². The molecular weight excluding hydrogens is 222 g/mol. The van der Waals surface area contributed by atoms with Crippen molar-refractivity contribution in [1.82, 2.24) is 4.90 Å². The summed E-state index contributed by atoms with van der Waals surface area (Å²) in [6.45, 7) is 0.827. The fourth-order valence-electron chi connectivity index (χ4n) is 2.01. The zero-order chi connectivity index (χ0) is 11.5. The molecule has 16 heavy (non-hydrogen) atoms. The van der Waals surface area contributed by atoms with Crippen molar-refractivity contribution >= 4 is 17.3 Å². The molecule has 1 aliphatic rings. The van der Waals surface area contributed by atoms with E-state index in [9.17, 15) is 4.79 Å². The third kappa shape index (κ3) is 2.62. The number of rotatable bonds is 5. The molecule has 1 aromatic heterocycles. The summed E-state index contributed by atoms with van der Waals surface area (Å²) in [6.07, 6.45) is 2.29. The largest absolute Gasteiger partial charge is 0.468 e. The minimum Gasteiger partial charge on any atom is -0.468 e. The molecule has 1 aromatic rings. The van der Waals surface area contributed by atoms with Crippen LogP contribution in [0.1, 0.15) is 17.7 Å². The minimum absolute atomic E-state index is 0.0629. The molecule has 0 spiro atoms. The number of ether oxygens (including phenoxy) is 1. The van der Waals surface area contributed by atoms with Gasteiger partial charge in [-0.2, -0.15) is 0 Å². The topological polar surface area (TPSA) is 29.5 Å². The molecular formula is C12H17NO2S. The molecule has 0 aliphatic heterocycles. The Hall–Kier alpha value is -0.870. The number of hydrogen-bond acceptors (Lipinski definition) is 4. The van der Waals surface area contributed by atoms with Crippen molar-refractivity contribution in [3.05, 3.63) is 22.4 Å². The van der Waals surface area contributed by atoms with Gasteiger partial charge in [0.05, 0.1) is 7.11 Å². The molecule has 3 nitrogen and oxygen atoms in total. The molecule has 1 fully saturated rings. The summed E-state index contributed by atoms with van der Waals surface area (Å²) in [5.41, 5.74) is 0. The van der Waals surface area contributed by atoms with E-state index in [2.05, 4.69) is 16.3 Å². The number of nitrogens with zero attached hydrogens (tertiary/aromatic N) is 1. The number of likely N-dealkylation sites (N-methyl/N-ethyl adjacent to an activating group) is 1. The summed E-state index contributed by atoms with van der Waals surface area (Å²) in [6, 6.07) is 4.08. The van der Waals surface area contributed by atoms with Gasteiger partial charge in [0.15, 0.2) is 0 Å². The first-order chi connectivity index (χ1) is 7.72. The molecule has 2 rings (SSSR count). The van der Waals surface area contributed by atoms with Crippen molar-refractivity contribution in [1.29, 1.82) is 0 Å². The standard InChI is InChI=1S/C12H17NO2S/c1-13(8-10-4-3-7-16-10)11(9-5-6-9)12(14)15-2/h3-4,7,9,11H,5-6,8H2,1-2H3. The molecule has 0 saturated heterocycles. The van der Waals surface area contributed by atoms with Crippen LogP contribution in [0.15, 0.2) is 17.5 Å². The predicted octanol–water partition coefficient (Wildman–Crippen LogP) is 2.13. The van der Waals surface area contributed by atoms with Crippen LogP contribution in [0.25, 0.3) is 0 Å². The Morgan fingerprint density at radius 1 is 1.69 bits per heavy atom. The number of carbonyl (C=O) groups is 1. The lowest BCUT2D eigenvalue weighted by Gasteiger charge is -2.25. The maximum Gasteiger partial charge on any atom is 0.323 e. The number of esters is 1. The summed E-state index contributed by atoms with van der Waals surface area (Å²) in [5.74, 6) is 0.402. The smallest absolute Gasteiger partial charge is 0.323 e. The van der Waals surface area contributed by atoms with Crippen molar-refractivity contribution in [3.8, 4) is 0 Å². The summed E-state index contributed by atoms with van der Waals surface area (Å²) in [4.78, 5) is 15.1. The van der Waals surface area contributed by atoms with E-state index in [4.69, 9.17) is 4.74 Å². The van der Waals surface area contributed by atoms with Crippen molar-refractivity contribution < 1.29 is 9.53 Å². The molecule has 0 aromatic carbocycles. The highest BCUT2D eigenvalue weighted by atomic mass is 32.1. The van der Waals surface area contributed by atoms with Gasteiger partial charge in [0.1, 0.15) is 6.04 Å². The Morgan fingerprint density at radius 2 is 2.44 bits per heavy atom. The van der Waals surface area contributed by atoms with Crippen LogP contribution in [-0.4, -0.2) is 31.1 Å². The van der Waals surface area contributed by atoms with E-state index in [1.165, 1.54) is 12.0 Å². The zero-order valence-corrected chi connectivity index (χ0v) is 10.5. The summed E-state index contributed by atoms with van der Waals surface area (Å²) in [7, 11) is 3.47. The zero-order valence-electron chi connectivity index (χ0n) is 9.68. The van der Waals surface area contributed by atoms with Gasteiger partial charge in [-0.3, -0.25) is 9.69 Å². The van der Waals surface area contributed by atoms with Gasteiger partial charge >= 0.3 is 5.97 Å². The van der Waals surface area contributed by atoms with Crippen molar-refractivity contribution in [2.24, 2.45) is 5.92 Å². The Balaban J connectivity index is 1.99. The Kier molecular flexibility index (Phi) is 3.61. The Morgan fingerprint density at radius 3 is 2.94 bits per heavy atom. The second-order valence-corrected chi connectivity index (χ2v) is 5.33. The van der Waals surface area contributed by atoms with Gasteiger partial charge in [0.2, 0.25) is 0 Å². The number of carbonyl (C=O) groups excluding carboxylic acids is 1. The number of thiophene rings is 1. The first kappa shape index (κ1) is 11.6. The first-order valence-corrected chi connectivity index (χ1v) is 6.41. The molecule has 0 N–H and O–H groups in total. The number of hydrogen-bond donors (Lipinski definition) is 0. The van der Waals surface area contributed by atoms with Gasteiger partial charge in [-0.25, -0.2) is 0 Å². The quantitative estimate of drug-likeness (QED) is 0.737. The lowest BCUT2D eigenvalue weighted by Crippen LogP contribution is -2.40. The maximum absolute atomic E-state index is 11.7. The summed E-state index contributed by atoms with van der Waals surface area (Å²) >= 11 is 1.73. The highest BCUT2D eigenvalue weighted by Crippen LogP contribution is 2.36. The van der Waals surface area contributed by atoms with E-state index < -0.39 is 0 Å². The molecule has 4 heteroatoms. The van der Waals surface area contributed by atoms with Crippen LogP contribution in [0.3, 0.4) is 0 Å². The van der Waals surface area contributed by atoms with Gasteiger partial charge in [-0.1, -0.05) is 6.07 Å². The minimum atomic E-state index is -0.0958. The molecule has 0 radical (unpaired) electrons. The van der Waals surface area contributed by atoms with Crippen molar-refractivity contribution in [2.75, 3.05) is 14.2 Å². The highest BCUT2D eigenvalue weighted by molar-refractivity contribution is 7.09. The molecule has 0 bridgehead atoms. The van der Waals surface area contributed by atoms with Crippen LogP contribution in [0.4, 0.5) is 0 Å². The van der Waals surface area contributed by atoms with Gasteiger partial charge in [0.25, 0.3) is 0 Å². The fraction of sp³-hybridized carbons (Fsp3) is 0.583. The highest BCUT2D eigenvalue weighted by Gasteiger charge is 2.39. The average Bonchev–Trinajstić information content (AvgIpc) is 2.96. The monoisotopic (exact) mass is 239 g/mol. The van der Waals surface area contributed by atoms with E-state index in [-0.39, 0.29) is 12.0 Å². The number of methoxy groups -OCH3 is 1. The van der Waals surface area contributed by atoms with Crippen LogP contribution >= 0.6 is 11.3 Å². The third-order valence-electron chi connectivity index (χ3n) is 2.97. The fourth-order valence-corrected chi connectivity index (χ4v) is 2.78. The van der Waals surface area contributed by atoms with Gasteiger partial charge in [-0.15, -0.1) is 11.3 Å². The summed E-state index contributed by atoms with van der Waals surface area (Å²) < 4.78 is 4.88. The lowest BCUT2D eigenvalue weighted by molar-refractivity contribution is -0.147. The molecule has 1 heterocycles. The van der Waals surface area contributed by atoms with E-state index in [0.717, 1.165) is 19.4 Å². The first-order valence-electron chi connectivity index (χ1n) is 5.53. The Bertz CT molecular complexity index is 346. The lowest BCUT2D eigenvalue weighted by atomic mass is 10.1. The van der Waals surface area contributed by atoms with Gasteiger partial charge in [-0.05, 0) is 37.3 Å². The molecule has 0 amide bonds. The van der Waals surface area contributed by atoms with E-state index in [1.54, 1.807) is 11.3 Å². The summed E-state index contributed by atoms with van der Waals surface area (Å²) in [5, 5.41) is 2.06. The second kappa shape index (κ2) is 4.97. The predicted molar refractivity (Wildman–Crippen MR) is 64.3 cm³/mol. The van der Waals surface area contributed by atoms with E-state index in [0.29, 0.717) is 5.92 Å². The van der Waals surface area contributed by atoms with Crippen LogP contribution < -0.4 is 0 Å². The molecule has 1 unspecified atom stereocenters. The maximum atomic E-state index is 11.7. The van der Waals surface area contributed by atoms with Crippen molar-refractivity contribution in [2.45, 2.75) is 25.4 Å². The van der Waals surface area contributed by atoms with Crippen molar-refractivity contribution in [3.63, 3.8) is 0 Å². The van der Waals surface area contributed by atoms with Gasteiger partial charge in [0, 0.05) is 11.4 Å². The van der Waals surface area contributed by atoms with Crippen LogP contribution in [0, 0.1) is 5.92 Å². The molecule has 1 atom stereocenters.